The normalized spacial score (nSPS) is 15.6. The SMILES string of the molecule is C[C@@H](CN[C@@H]1COc2ccccc2SC1)CSc1cccc(C(N)=O)c1O.O=C(O)/C=C\C(=O)O. The van der Waals surface area contributed by atoms with Gasteiger partial charge >= 0.3 is 11.9 Å². The van der Waals surface area contributed by atoms with E-state index in [2.05, 4.69) is 18.3 Å². The van der Waals surface area contributed by atoms with Gasteiger partial charge in [0.2, 0.25) is 0 Å². The Bertz CT molecular complexity index is 1020. The quantitative estimate of drug-likeness (QED) is 0.246. The molecule has 1 aliphatic heterocycles. The number of nitrogens with one attached hydrogen (secondary N) is 1. The predicted molar refractivity (Wildman–Crippen MR) is 135 cm³/mol. The molecule has 0 bridgehead atoms. The molecule has 0 radical (unpaired) electrons. The molecule has 188 valence electrons. The summed E-state index contributed by atoms with van der Waals surface area (Å²) in [5, 5.41) is 29.4. The smallest absolute Gasteiger partial charge is 0.328 e. The standard InChI is InChI=1S/C20H24N2O3S2.C4H4O4/c1-13(11-26-18-8-4-5-15(19(18)23)20(21)24)9-22-14-10-25-16-6-2-3-7-17(16)27-12-14;5-3(6)1-2-4(7)8/h2-8,13-14,22-23H,9-12H2,1H3,(H2,21,24);1-2H,(H,5,6)(H,7,8)/b;2-1-/t13-,14+;/m0./s1. The average Bonchev–Trinajstić information content (AvgIpc) is 3.03. The van der Waals surface area contributed by atoms with Crippen LogP contribution in [0.5, 0.6) is 11.5 Å². The maximum absolute atomic E-state index is 11.3. The van der Waals surface area contributed by atoms with Gasteiger partial charge in [-0.2, -0.15) is 0 Å². The van der Waals surface area contributed by atoms with Crippen LogP contribution in [0.25, 0.3) is 0 Å². The van der Waals surface area contributed by atoms with Gasteiger partial charge in [-0.05, 0) is 36.7 Å². The van der Waals surface area contributed by atoms with E-state index in [4.69, 9.17) is 20.7 Å². The number of amides is 1. The highest BCUT2D eigenvalue weighted by molar-refractivity contribution is 7.99. The van der Waals surface area contributed by atoms with Crippen LogP contribution in [0.1, 0.15) is 17.3 Å². The molecule has 35 heavy (non-hydrogen) atoms. The molecule has 2 aromatic carbocycles. The molecule has 0 spiro atoms. The summed E-state index contributed by atoms with van der Waals surface area (Å²) in [5.74, 6) is -0.0116. The fraction of sp³-hybridized carbons (Fsp3) is 0.292. The Morgan fingerprint density at radius 1 is 1.17 bits per heavy atom. The molecule has 2 atom stereocenters. The number of primary amides is 1. The van der Waals surface area contributed by atoms with Crippen molar-refractivity contribution in [3.8, 4) is 11.5 Å². The van der Waals surface area contributed by atoms with Crippen molar-refractivity contribution in [3.63, 3.8) is 0 Å². The highest BCUT2D eigenvalue weighted by Gasteiger charge is 2.18. The Morgan fingerprint density at radius 3 is 2.51 bits per heavy atom. The summed E-state index contributed by atoms with van der Waals surface area (Å²) in [7, 11) is 0. The summed E-state index contributed by atoms with van der Waals surface area (Å²) in [4.78, 5) is 32.3. The van der Waals surface area contributed by atoms with Crippen LogP contribution >= 0.6 is 23.5 Å². The number of aliphatic carboxylic acids is 2. The van der Waals surface area contributed by atoms with Crippen LogP contribution in [0, 0.1) is 5.92 Å². The average molecular weight is 521 g/mol. The number of hydrogen-bond donors (Lipinski definition) is 5. The van der Waals surface area contributed by atoms with Crippen LogP contribution in [0.2, 0.25) is 0 Å². The van der Waals surface area contributed by atoms with Gasteiger partial charge in [-0.3, -0.25) is 4.79 Å². The lowest BCUT2D eigenvalue weighted by Gasteiger charge is -2.19. The number of nitrogens with two attached hydrogens (primary N) is 1. The third kappa shape index (κ3) is 9.93. The minimum atomic E-state index is -1.26. The molecule has 0 aromatic heterocycles. The first-order chi connectivity index (χ1) is 16.7. The third-order valence-electron chi connectivity index (χ3n) is 4.64. The largest absolute Gasteiger partial charge is 0.506 e. The van der Waals surface area contributed by atoms with E-state index in [1.807, 2.05) is 30.0 Å². The third-order valence-corrected chi connectivity index (χ3v) is 7.23. The van der Waals surface area contributed by atoms with E-state index in [1.165, 1.54) is 22.7 Å². The molecule has 0 fully saturated rings. The molecule has 1 aliphatic rings. The first-order valence-corrected chi connectivity index (χ1v) is 12.6. The first-order valence-electron chi connectivity index (χ1n) is 10.6. The van der Waals surface area contributed by atoms with Crippen molar-refractivity contribution in [1.82, 2.24) is 5.32 Å². The molecular formula is C24H28N2O7S2. The second-order valence-corrected chi connectivity index (χ2v) is 9.74. The zero-order valence-corrected chi connectivity index (χ0v) is 20.7. The Hall–Kier alpha value is -3.15. The zero-order valence-electron chi connectivity index (χ0n) is 19.0. The highest BCUT2D eigenvalue weighted by atomic mass is 32.2. The van der Waals surface area contributed by atoms with Gasteiger partial charge in [0.1, 0.15) is 18.1 Å². The van der Waals surface area contributed by atoms with Gasteiger partial charge in [0, 0.05) is 33.4 Å². The number of carboxylic acids is 2. The van der Waals surface area contributed by atoms with Gasteiger partial charge < -0.3 is 31.1 Å². The number of rotatable bonds is 9. The Morgan fingerprint density at radius 2 is 1.86 bits per heavy atom. The maximum Gasteiger partial charge on any atom is 0.328 e. The Labute approximate surface area is 211 Å². The molecule has 9 nitrogen and oxygen atoms in total. The Kier molecular flexibility index (Phi) is 11.5. The lowest BCUT2D eigenvalue weighted by Crippen LogP contribution is -2.39. The summed E-state index contributed by atoms with van der Waals surface area (Å²) in [6.07, 6.45) is 1.12. The van der Waals surface area contributed by atoms with Crippen LogP contribution in [0.4, 0.5) is 0 Å². The monoisotopic (exact) mass is 520 g/mol. The molecule has 1 heterocycles. The van der Waals surface area contributed by atoms with E-state index >= 15 is 0 Å². The number of para-hydroxylation sites is 2. The molecule has 0 saturated carbocycles. The molecule has 0 aliphatic carbocycles. The summed E-state index contributed by atoms with van der Waals surface area (Å²) in [5.41, 5.74) is 5.45. The second-order valence-electron chi connectivity index (χ2n) is 7.62. The van der Waals surface area contributed by atoms with Gasteiger partial charge in [-0.1, -0.05) is 25.1 Å². The van der Waals surface area contributed by atoms with Crippen molar-refractivity contribution in [2.75, 3.05) is 24.7 Å². The van der Waals surface area contributed by atoms with Crippen molar-refractivity contribution in [3.05, 3.63) is 60.2 Å². The van der Waals surface area contributed by atoms with E-state index in [0.29, 0.717) is 35.6 Å². The molecular weight excluding hydrogens is 492 g/mol. The van der Waals surface area contributed by atoms with Crippen molar-refractivity contribution in [1.29, 1.82) is 0 Å². The van der Waals surface area contributed by atoms with E-state index in [0.717, 1.165) is 23.8 Å². The number of phenols is 1. The lowest BCUT2D eigenvalue weighted by atomic mass is 10.2. The van der Waals surface area contributed by atoms with E-state index < -0.39 is 17.8 Å². The summed E-state index contributed by atoms with van der Waals surface area (Å²) >= 11 is 3.35. The van der Waals surface area contributed by atoms with Crippen LogP contribution in [-0.2, 0) is 9.59 Å². The fourth-order valence-corrected chi connectivity index (χ4v) is 4.92. The number of carboxylic acid groups (broad SMARTS) is 2. The van der Waals surface area contributed by atoms with Crippen molar-refractivity contribution in [2.45, 2.75) is 22.8 Å². The van der Waals surface area contributed by atoms with Gasteiger partial charge in [0.15, 0.2) is 0 Å². The summed E-state index contributed by atoms with van der Waals surface area (Å²) in [6, 6.07) is 13.5. The zero-order chi connectivity index (χ0) is 25.8. The number of carbonyl (C=O) groups excluding carboxylic acids is 1. The maximum atomic E-state index is 11.3. The van der Waals surface area contributed by atoms with Gasteiger partial charge in [0.05, 0.1) is 11.6 Å². The molecule has 3 rings (SSSR count). The van der Waals surface area contributed by atoms with Crippen molar-refractivity contribution in [2.24, 2.45) is 11.7 Å². The molecule has 0 unspecified atom stereocenters. The van der Waals surface area contributed by atoms with Crippen LogP contribution < -0.4 is 15.8 Å². The lowest BCUT2D eigenvalue weighted by molar-refractivity contribution is -0.134. The Balaban J connectivity index is 0.000000466. The minimum Gasteiger partial charge on any atom is -0.506 e. The number of thioether (sulfide) groups is 2. The minimum absolute atomic E-state index is 0.0264. The number of aromatic hydroxyl groups is 1. The first kappa shape index (κ1) is 28.1. The summed E-state index contributed by atoms with van der Waals surface area (Å²) < 4.78 is 5.91. The van der Waals surface area contributed by atoms with E-state index in [9.17, 15) is 19.5 Å². The molecule has 0 saturated heterocycles. The number of carbonyl (C=O) groups is 3. The number of ether oxygens (including phenoxy) is 1. The van der Waals surface area contributed by atoms with E-state index in [-0.39, 0.29) is 11.3 Å². The molecule has 11 heteroatoms. The highest BCUT2D eigenvalue weighted by Crippen LogP contribution is 2.33. The topological polar surface area (TPSA) is 159 Å². The van der Waals surface area contributed by atoms with Crippen LogP contribution in [-0.4, -0.2) is 63.9 Å². The van der Waals surface area contributed by atoms with Crippen LogP contribution in [0.15, 0.2) is 64.4 Å². The fourth-order valence-electron chi connectivity index (χ4n) is 2.87. The van der Waals surface area contributed by atoms with Crippen LogP contribution in [0.3, 0.4) is 0 Å². The molecule has 6 N–H and O–H groups in total. The van der Waals surface area contributed by atoms with E-state index in [1.54, 1.807) is 12.1 Å². The van der Waals surface area contributed by atoms with Crippen molar-refractivity contribution >= 4 is 41.4 Å². The number of fused-ring (bicyclic) bond motifs is 1. The number of hydrogen-bond acceptors (Lipinski definition) is 8. The summed E-state index contributed by atoms with van der Waals surface area (Å²) in [6.45, 7) is 3.67. The molecule has 2 aromatic rings. The van der Waals surface area contributed by atoms with Crippen molar-refractivity contribution < 1.29 is 34.4 Å². The molecule has 1 amide bonds. The van der Waals surface area contributed by atoms with Gasteiger partial charge in [-0.15, -0.1) is 23.5 Å². The number of benzene rings is 2. The predicted octanol–water partition coefficient (Wildman–Crippen LogP) is 3.07. The van der Waals surface area contributed by atoms with Gasteiger partial charge in [0.25, 0.3) is 5.91 Å². The second kappa shape index (κ2) is 14.3. The van der Waals surface area contributed by atoms with Gasteiger partial charge in [-0.25, -0.2) is 9.59 Å².